The first-order valence-electron chi connectivity index (χ1n) is 5.06. The number of benzene rings is 1. The van der Waals surface area contributed by atoms with E-state index >= 15 is 0 Å². The minimum atomic E-state index is 0.523. The Kier molecular flexibility index (Phi) is 2.01. The molecule has 0 atom stereocenters. The molecule has 1 aliphatic rings. The second kappa shape index (κ2) is 3.39. The molecule has 0 bridgehead atoms. The summed E-state index contributed by atoms with van der Waals surface area (Å²) in [5, 5.41) is 20.1. The number of nitrogens with one attached hydrogen (secondary N) is 1. The van der Waals surface area contributed by atoms with E-state index in [1.807, 2.05) is 28.8 Å². The summed E-state index contributed by atoms with van der Waals surface area (Å²) in [5.41, 5.74) is 1.24. The van der Waals surface area contributed by atoms with Gasteiger partial charge in [0, 0.05) is 23.1 Å². The number of rotatable bonds is 0. The second-order valence-electron chi connectivity index (χ2n) is 3.69. The smallest absolute Gasteiger partial charge is 0.133 e. The van der Waals surface area contributed by atoms with Gasteiger partial charge in [0.1, 0.15) is 11.6 Å². The van der Waals surface area contributed by atoms with E-state index in [0.717, 1.165) is 28.1 Å². The van der Waals surface area contributed by atoms with Crippen LogP contribution in [0.3, 0.4) is 0 Å². The fraction of sp³-hybridized carbons (Fsp3) is 0.167. The molecule has 1 aromatic carbocycles. The van der Waals surface area contributed by atoms with Crippen LogP contribution in [0.5, 0.6) is 0 Å². The van der Waals surface area contributed by atoms with E-state index in [0.29, 0.717) is 11.1 Å². The van der Waals surface area contributed by atoms with Gasteiger partial charge in [-0.1, -0.05) is 24.3 Å². The third-order valence-electron chi connectivity index (χ3n) is 2.85. The fourth-order valence-corrected chi connectivity index (χ4v) is 3.22. The van der Waals surface area contributed by atoms with Crippen molar-refractivity contribution >= 4 is 22.5 Å². The van der Waals surface area contributed by atoms with Gasteiger partial charge in [-0.3, -0.25) is 5.41 Å². The summed E-state index contributed by atoms with van der Waals surface area (Å²) in [6.07, 6.45) is 0. The van der Waals surface area contributed by atoms with Gasteiger partial charge in [0.15, 0.2) is 0 Å². The molecule has 3 rings (SSSR count). The minimum absolute atomic E-state index is 0.523. The summed E-state index contributed by atoms with van der Waals surface area (Å²) in [7, 11) is 0. The monoisotopic (exact) mass is 227 g/mol. The molecule has 1 aromatic heterocycles. The molecule has 0 saturated heterocycles. The zero-order valence-corrected chi connectivity index (χ0v) is 9.34. The molecule has 78 valence electrons. The number of aromatic nitrogens is 1. The normalized spacial score (nSPS) is 13.7. The van der Waals surface area contributed by atoms with Gasteiger partial charge in [0.05, 0.1) is 10.6 Å². The Hall–Kier alpha value is -1.73. The van der Waals surface area contributed by atoms with Gasteiger partial charge in [0.25, 0.3) is 0 Å². The first-order chi connectivity index (χ1) is 7.83. The molecule has 0 saturated carbocycles. The Bertz CT molecular complexity index is 679. The molecule has 16 heavy (non-hydrogen) atoms. The van der Waals surface area contributed by atoms with Crippen molar-refractivity contribution in [2.75, 3.05) is 5.75 Å². The van der Waals surface area contributed by atoms with Crippen LogP contribution in [0.15, 0.2) is 29.3 Å². The van der Waals surface area contributed by atoms with E-state index in [2.05, 4.69) is 6.07 Å². The molecule has 3 nitrogen and oxygen atoms in total. The van der Waals surface area contributed by atoms with E-state index in [4.69, 9.17) is 5.41 Å². The molecule has 0 spiro atoms. The van der Waals surface area contributed by atoms with Crippen molar-refractivity contribution in [3.05, 3.63) is 35.3 Å². The lowest BCUT2D eigenvalue weighted by Crippen LogP contribution is -2.20. The van der Waals surface area contributed by atoms with Gasteiger partial charge in [-0.25, -0.2) is 0 Å². The average Bonchev–Trinajstić information content (AvgIpc) is 2.79. The summed E-state index contributed by atoms with van der Waals surface area (Å²) < 4.78 is 1.94. The standard InChI is InChI=1S/C12H9N3S/c13-7-10-8-3-1-2-4-9(8)11(14)15-5-6-16-12(10)15/h1-4,14H,5-6H2. The van der Waals surface area contributed by atoms with E-state index in [-0.39, 0.29) is 0 Å². The van der Waals surface area contributed by atoms with E-state index < -0.39 is 0 Å². The lowest BCUT2D eigenvalue weighted by Gasteiger charge is -2.09. The summed E-state index contributed by atoms with van der Waals surface area (Å²) in [6.45, 7) is 0.832. The first-order valence-corrected chi connectivity index (χ1v) is 6.04. The van der Waals surface area contributed by atoms with Crippen molar-refractivity contribution in [3.63, 3.8) is 0 Å². The maximum atomic E-state index is 9.25. The van der Waals surface area contributed by atoms with Crippen molar-refractivity contribution in [1.29, 1.82) is 10.7 Å². The number of pyridine rings is 1. The van der Waals surface area contributed by atoms with Gasteiger partial charge in [-0.05, 0) is 0 Å². The van der Waals surface area contributed by atoms with Crippen molar-refractivity contribution < 1.29 is 0 Å². The Morgan fingerprint density at radius 2 is 2.06 bits per heavy atom. The Morgan fingerprint density at radius 1 is 1.31 bits per heavy atom. The molecule has 4 heteroatoms. The summed E-state index contributed by atoms with van der Waals surface area (Å²) in [4.78, 5) is 0. The second-order valence-corrected chi connectivity index (χ2v) is 4.77. The van der Waals surface area contributed by atoms with E-state index in [1.165, 1.54) is 0 Å². The zero-order valence-electron chi connectivity index (χ0n) is 8.53. The average molecular weight is 227 g/mol. The maximum Gasteiger partial charge on any atom is 0.133 e. The van der Waals surface area contributed by atoms with Gasteiger partial charge < -0.3 is 4.57 Å². The molecule has 2 aromatic rings. The molecular formula is C12H9N3S. The molecule has 0 amide bonds. The van der Waals surface area contributed by atoms with Crippen LogP contribution in [-0.4, -0.2) is 10.3 Å². The Labute approximate surface area is 96.8 Å². The van der Waals surface area contributed by atoms with Crippen molar-refractivity contribution in [3.8, 4) is 6.07 Å². The van der Waals surface area contributed by atoms with Crippen LogP contribution in [0.25, 0.3) is 10.8 Å². The van der Waals surface area contributed by atoms with Crippen LogP contribution in [0.2, 0.25) is 0 Å². The maximum absolute atomic E-state index is 9.25. The Morgan fingerprint density at radius 3 is 2.81 bits per heavy atom. The van der Waals surface area contributed by atoms with E-state index in [9.17, 15) is 5.26 Å². The predicted octanol–water partition coefficient (Wildman–Crippen LogP) is 2.10. The van der Waals surface area contributed by atoms with Crippen LogP contribution >= 0.6 is 11.8 Å². The lowest BCUT2D eigenvalue weighted by atomic mass is 10.1. The Balaban J connectivity index is 2.59. The molecular weight excluding hydrogens is 218 g/mol. The predicted molar refractivity (Wildman–Crippen MR) is 63.2 cm³/mol. The summed E-state index contributed by atoms with van der Waals surface area (Å²) >= 11 is 1.67. The van der Waals surface area contributed by atoms with Crippen molar-refractivity contribution in [2.24, 2.45) is 0 Å². The highest BCUT2D eigenvalue weighted by Gasteiger charge is 2.19. The molecule has 0 fully saturated rings. The zero-order chi connectivity index (χ0) is 11.1. The fourth-order valence-electron chi connectivity index (χ4n) is 2.11. The number of hydrogen-bond donors (Lipinski definition) is 1. The van der Waals surface area contributed by atoms with Gasteiger partial charge in [-0.15, -0.1) is 11.8 Å². The van der Waals surface area contributed by atoms with E-state index in [1.54, 1.807) is 11.8 Å². The first kappa shape index (κ1) is 9.49. The van der Waals surface area contributed by atoms with Gasteiger partial charge >= 0.3 is 0 Å². The molecule has 2 heterocycles. The van der Waals surface area contributed by atoms with Gasteiger partial charge in [0.2, 0.25) is 0 Å². The van der Waals surface area contributed by atoms with Crippen LogP contribution in [0.4, 0.5) is 0 Å². The minimum Gasteiger partial charge on any atom is -0.319 e. The number of nitriles is 1. The van der Waals surface area contributed by atoms with Gasteiger partial charge in [-0.2, -0.15) is 5.26 Å². The highest BCUT2D eigenvalue weighted by molar-refractivity contribution is 7.99. The van der Waals surface area contributed by atoms with Crippen LogP contribution in [0, 0.1) is 16.7 Å². The number of hydrogen-bond acceptors (Lipinski definition) is 3. The molecule has 1 N–H and O–H groups in total. The topological polar surface area (TPSA) is 52.6 Å². The SMILES string of the molecule is N#Cc1c2n(c(=N)c3ccccc13)CCS2. The number of nitrogens with zero attached hydrogens (tertiary/aromatic N) is 2. The summed E-state index contributed by atoms with van der Waals surface area (Å²) in [5.74, 6) is 0.955. The van der Waals surface area contributed by atoms with Crippen molar-refractivity contribution in [1.82, 2.24) is 4.57 Å². The molecule has 0 aliphatic carbocycles. The lowest BCUT2D eigenvalue weighted by molar-refractivity contribution is 0.677. The van der Waals surface area contributed by atoms with Crippen LogP contribution < -0.4 is 5.49 Å². The number of thioether (sulfide) groups is 1. The largest absolute Gasteiger partial charge is 0.319 e. The highest BCUT2D eigenvalue weighted by atomic mass is 32.2. The third-order valence-corrected chi connectivity index (χ3v) is 3.93. The van der Waals surface area contributed by atoms with Crippen molar-refractivity contribution in [2.45, 2.75) is 11.6 Å². The highest BCUT2D eigenvalue weighted by Crippen LogP contribution is 2.31. The quantitative estimate of drug-likeness (QED) is 0.749. The third kappa shape index (κ3) is 1.12. The summed E-state index contributed by atoms with van der Waals surface area (Å²) in [6, 6.07) is 9.94. The molecule has 1 aliphatic heterocycles. The van der Waals surface area contributed by atoms with Crippen LogP contribution in [-0.2, 0) is 6.54 Å². The van der Waals surface area contributed by atoms with Crippen LogP contribution in [0.1, 0.15) is 5.56 Å². The number of fused-ring (bicyclic) bond motifs is 2. The molecule has 0 radical (unpaired) electrons. The molecule has 0 unspecified atom stereocenters.